The average molecular weight is 377 g/mol. The number of hydrogen-bond donors (Lipinski definition) is 2. The Balaban J connectivity index is 1.95. The van der Waals surface area contributed by atoms with E-state index in [1.54, 1.807) is 16.8 Å². The molecule has 0 aliphatic rings. The minimum Gasteiger partial charge on any atom is -0.240 e. The highest BCUT2D eigenvalue weighted by molar-refractivity contribution is 7.87. The van der Waals surface area contributed by atoms with Crippen molar-refractivity contribution in [2.45, 2.75) is 6.42 Å². The van der Waals surface area contributed by atoms with E-state index in [-0.39, 0.29) is 6.54 Å². The topological polar surface area (TPSA) is 90.0 Å². The molecule has 0 spiro atoms. The Kier molecular flexibility index (Phi) is 5.19. The van der Waals surface area contributed by atoms with Crippen LogP contribution in [0.2, 0.25) is 5.02 Å². The van der Waals surface area contributed by atoms with Gasteiger partial charge in [-0.1, -0.05) is 41.9 Å². The molecule has 0 fully saturated rings. The Morgan fingerprint density at radius 2 is 1.76 bits per heavy atom. The van der Waals surface area contributed by atoms with Gasteiger partial charge in [0.1, 0.15) is 0 Å². The number of nitrogens with zero attached hydrogens (tertiary/aromatic N) is 2. The first-order valence-corrected chi connectivity index (χ1v) is 9.52. The van der Waals surface area contributed by atoms with Crippen molar-refractivity contribution in [3.8, 4) is 16.9 Å². The van der Waals surface area contributed by atoms with Crippen LogP contribution < -0.4 is 9.86 Å². The molecule has 1 heterocycles. The summed E-state index contributed by atoms with van der Waals surface area (Å²) in [6, 6.07) is 17.1. The van der Waals surface area contributed by atoms with Crippen LogP contribution in [0.15, 0.2) is 60.8 Å². The molecule has 2 aromatic carbocycles. The molecule has 8 heteroatoms. The van der Waals surface area contributed by atoms with E-state index >= 15 is 0 Å². The van der Waals surface area contributed by atoms with Gasteiger partial charge in [0.15, 0.2) is 0 Å². The van der Waals surface area contributed by atoms with E-state index in [1.807, 2.05) is 48.7 Å². The third kappa shape index (κ3) is 4.67. The van der Waals surface area contributed by atoms with Crippen LogP contribution in [-0.2, 0) is 16.6 Å². The molecule has 0 unspecified atom stereocenters. The van der Waals surface area contributed by atoms with Gasteiger partial charge in [0, 0.05) is 23.3 Å². The standard InChI is InChI=1S/C17H17ClN4O2S/c18-15-8-6-13(7-9-15)17-14(10-11-20-25(19,23)24)12-22(21-17)16-4-2-1-3-5-16/h1-9,12,20H,10-11H2,(H2,19,23,24). The molecule has 130 valence electrons. The Hall–Kier alpha value is -2.19. The molecular formula is C17H17ClN4O2S. The second-order valence-corrected chi connectivity index (χ2v) is 7.29. The molecule has 0 radical (unpaired) electrons. The van der Waals surface area contributed by atoms with E-state index in [0.717, 1.165) is 22.5 Å². The molecule has 0 saturated carbocycles. The highest BCUT2D eigenvalue weighted by atomic mass is 35.5. The van der Waals surface area contributed by atoms with Gasteiger partial charge in [-0.15, -0.1) is 0 Å². The zero-order valence-corrected chi connectivity index (χ0v) is 14.8. The first-order chi connectivity index (χ1) is 11.9. The van der Waals surface area contributed by atoms with Gasteiger partial charge in [0.05, 0.1) is 11.4 Å². The van der Waals surface area contributed by atoms with Gasteiger partial charge in [-0.25, -0.2) is 14.5 Å². The number of nitrogens with two attached hydrogens (primary N) is 1. The summed E-state index contributed by atoms with van der Waals surface area (Å²) in [5.41, 5.74) is 3.51. The summed E-state index contributed by atoms with van der Waals surface area (Å²) in [6.45, 7) is 0.194. The minimum atomic E-state index is -3.72. The van der Waals surface area contributed by atoms with Crippen LogP contribution in [-0.4, -0.2) is 24.7 Å². The molecule has 0 atom stereocenters. The van der Waals surface area contributed by atoms with Crippen molar-refractivity contribution in [1.29, 1.82) is 0 Å². The Bertz CT molecular complexity index is 954. The largest absolute Gasteiger partial charge is 0.274 e. The molecule has 25 heavy (non-hydrogen) atoms. The predicted molar refractivity (Wildman–Crippen MR) is 98.8 cm³/mol. The molecule has 1 aromatic heterocycles. The number of para-hydroxylation sites is 1. The zero-order chi connectivity index (χ0) is 17.9. The van der Waals surface area contributed by atoms with Crippen molar-refractivity contribution < 1.29 is 8.42 Å². The van der Waals surface area contributed by atoms with Crippen molar-refractivity contribution in [3.63, 3.8) is 0 Å². The van der Waals surface area contributed by atoms with Gasteiger partial charge in [-0.2, -0.15) is 13.5 Å². The third-order valence-electron chi connectivity index (χ3n) is 3.63. The van der Waals surface area contributed by atoms with E-state index in [0.29, 0.717) is 11.4 Å². The van der Waals surface area contributed by atoms with Crippen LogP contribution in [0.1, 0.15) is 5.56 Å². The molecule has 3 N–H and O–H groups in total. The quantitative estimate of drug-likeness (QED) is 0.692. The number of nitrogens with one attached hydrogen (secondary N) is 1. The lowest BCUT2D eigenvalue weighted by atomic mass is 10.1. The maximum Gasteiger partial charge on any atom is 0.274 e. The maximum atomic E-state index is 11.1. The fourth-order valence-corrected chi connectivity index (χ4v) is 3.00. The first-order valence-electron chi connectivity index (χ1n) is 7.60. The van der Waals surface area contributed by atoms with E-state index in [1.165, 1.54) is 0 Å². The van der Waals surface area contributed by atoms with Crippen LogP contribution in [0.4, 0.5) is 0 Å². The molecule has 3 aromatic rings. The summed E-state index contributed by atoms with van der Waals surface area (Å²) in [5, 5.41) is 10.3. The van der Waals surface area contributed by atoms with Crippen LogP contribution >= 0.6 is 11.6 Å². The highest BCUT2D eigenvalue weighted by Crippen LogP contribution is 2.25. The predicted octanol–water partition coefficient (Wildman–Crippen LogP) is 2.53. The fourth-order valence-electron chi connectivity index (χ4n) is 2.48. The van der Waals surface area contributed by atoms with E-state index in [9.17, 15) is 8.42 Å². The maximum absolute atomic E-state index is 11.1. The monoisotopic (exact) mass is 376 g/mol. The molecule has 3 rings (SSSR count). The van der Waals surface area contributed by atoms with Crippen molar-refractivity contribution in [1.82, 2.24) is 14.5 Å². The fraction of sp³-hybridized carbons (Fsp3) is 0.118. The Labute approximate surface area is 151 Å². The normalized spacial score (nSPS) is 11.6. The lowest BCUT2D eigenvalue weighted by molar-refractivity contribution is 0.583. The third-order valence-corrected chi connectivity index (χ3v) is 4.48. The lowest BCUT2D eigenvalue weighted by Gasteiger charge is -2.03. The molecule has 0 saturated heterocycles. The lowest BCUT2D eigenvalue weighted by Crippen LogP contribution is -2.32. The second kappa shape index (κ2) is 7.37. The summed E-state index contributed by atoms with van der Waals surface area (Å²) in [7, 11) is -3.72. The average Bonchev–Trinajstić information content (AvgIpc) is 2.99. The number of aromatic nitrogens is 2. The number of halogens is 1. The van der Waals surface area contributed by atoms with E-state index < -0.39 is 10.2 Å². The van der Waals surface area contributed by atoms with E-state index in [2.05, 4.69) is 9.82 Å². The first kappa shape index (κ1) is 17.6. The van der Waals surface area contributed by atoms with Crippen LogP contribution in [0.25, 0.3) is 16.9 Å². The van der Waals surface area contributed by atoms with Crippen molar-refractivity contribution in [2.75, 3.05) is 6.54 Å². The highest BCUT2D eigenvalue weighted by Gasteiger charge is 2.13. The van der Waals surface area contributed by atoms with Crippen molar-refractivity contribution in [2.24, 2.45) is 5.14 Å². The zero-order valence-electron chi connectivity index (χ0n) is 13.3. The van der Waals surface area contributed by atoms with Crippen LogP contribution in [0, 0.1) is 0 Å². The van der Waals surface area contributed by atoms with Gasteiger partial charge in [0.25, 0.3) is 10.2 Å². The molecular weight excluding hydrogens is 360 g/mol. The SMILES string of the molecule is NS(=O)(=O)NCCc1cn(-c2ccccc2)nc1-c1ccc(Cl)cc1. The molecule has 0 bridgehead atoms. The Morgan fingerprint density at radius 3 is 2.40 bits per heavy atom. The molecule has 0 aliphatic heterocycles. The van der Waals surface area contributed by atoms with Crippen LogP contribution in [0.3, 0.4) is 0 Å². The molecule has 0 aliphatic carbocycles. The van der Waals surface area contributed by atoms with E-state index in [4.69, 9.17) is 16.7 Å². The Morgan fingerprint density at radius 1 is 1.08 bits per heavy atom. The summed E-state index contributed by atoms with van der Waals surface area (Å²) in [4.78, 5) is 0. The molecule has 0 amide bonds. The van der Waals surface area contributed by atoms with Crippen LogP contribution in [0.5, 0.6) is 0 Å². The van der Waals surface area contributed by atoms with Gasteiger partial charge < -0.3 is 0 Å². The number of benzene rings is 2. The summed E-state index contributed by atoms with van der Waals surface area (Å²) < 4.78 is 26.2. The van der Waals surface area contributed by atoms with Gasteiger partial charge >= 0.3 is 0 Å². The van der Waals surface area contributed by atoms with Crippen molar-refractivity contribution >= 4 is 21.8 Å². The molecule has 6 nitrogen and oxygen atoms in total. The number of hydrogen-bond acceptors (Lipinski definition) is 3. The summed E-state index contributed by atoms with van der Waals surface area (Å²) in [5.74, 6) is 0. The summed E-state index contributed by atoms with van der Waals surface area (Å²) >= 11 is 5.96. The number of rotatable bonds is 6. The second-order valence-electron chi connectivity index (χ2n) is 5.48. The summed E-state index contributed by atoms with van der Waals surface area (Å²) in [6.07, 6.45) is 2.35. The van der Waals surface area contributed by atoms with Crippen molar-refractivity contribution in [3.05, 3.63) is 71.4 Å². The van der Waals surface area contributed by atoms with Gasteiger partial charge in [-0.3, -0.25) is 0 Å². The van der Waals surface area contributed by atoms with Gasteiger partial charge in [-0.05, 0) is 36.2 Å². The van der Waals surface area contributed by atoms with Gasteiger partial charge in [0.2, 0.25) is 0 Å². The smallest absolute Gasteiger partial charge is 0.240 e. The minimum absolute atomic E-state index is 0.194.